The number of para-hydroxylation sites is 1. The highest BCUT2D eigenvalue weighted by Crippen LogP contribution is 2.22. The topological polar surface area (TPSA) is 38.6 Å². The van der Waals surface area contributed by atoms with Crippen LogP contribution >= 0.6 is 12.2 Å². The van der Waals surface area contributed by atoms with E-state index < -0.39 is 0 Å². The van der Waals surface area contributed by atoms with E-state index in [9.17, 15) is 0 Å². The van der Waals surface area contributed by atoms with Crippen molar-refractivity contribution in [3.8, 4) is 0 Å². The van der Waals surface area contributed by atoms with Gasteiger partial charge in [-0.1, -0.05) is 24.3 Å². The third-order valence-electron chi connectivity index (χ3n) is 4.16. The standard InChI is InChI=1S/C19H25N3OS/c1-14-8-7-9-15(2)18(14)21-19(24)22(12-13-23-4)16(3)17-10-5-6-11-20-17/h5-11,16H,12-13H2,1-4H3,(H,21,24)/p+1. The molecule has 0 aliphatic heterocycles. The van der Waals surface area contributed by atoms with E-state index in [1.807, 2.05) is 18.3 Å². The maximum Gasteiger partial charge on any atom is 0.202 e. The number of anilines is 1. The Kier molecular flexibility index (Phi) is 6.70. The summed E-state index contributed by atoms with van der Waals surface area (Å²) in [5.74, 6) is 0. The van der Waals surface area contributed by atoms with Crippen LogP contribution in [0.4, 0.5) is 5.69 Å². The van der Waals surface area contributed by atoms with Gasteiger partial charge in [-0.15, -0.1) is 0 Å². The zero-order valence-corrected chi connectivity index (χ0v) is 15.6. The minimum absolute atomic E-state index is 0.116. The summed E-state index contributed by atoms with van der Waals surface area (Å²) in [5.41, 5.74) is 4.55. The number of hydrogen-bond donors (Lipinski definition) is 1. The molecule has 0 aliphatic rings. The van der Waals surface area contributed by atoms with Crippen molar-refractivity contribution in [1.29, 1.82) is 0 Å². The summed E-state index contributed by atoms with van der Waals surface area (Å²) in [6.07, 6.45) is 1.93. The van der Waals surface area contributed by atoms with Crippen LogP contribution in [0.5, 0.6) is 0 Å². The number of H-pyrrole nitrogens is 1. The molecule has 24 heavy (non-hydrogen) atoms. The van der Waals surface area contributed by atoms with Crippen molar-refractivity contribution in [2.45, 2.75) is 26.8 Å². The summed E-state index contributed by atoms with van der Waals surface area (Å²) in [5, 5.41) is 4.13. The highest BCUT2D eigenvalue weighted by molar-refractivity contribution is 7.80. The van der Waals surface area contributed by atoms with Gasteiger partial charge in [-0.2, -0.15) is 0 Å². The van der Waals surface area contributed by atoms with Crippen LogP contribution in [0.25, 0.3) is 0 Å². The van der Waals surface area contributed by atoms with Crippen molar-refractivity contribution in [2.24, 2.45) is 0 Å². The van der Waals surface area contributed by atoms with Gasteiger partial charge in [0.1, 0.15) is 6.04 Å². The summed E-state index contributed by atoms with van der Waals surface area (Å²) < 4.78 is 5.27. The number of ether oxygens (including phenoxy) is 1. The largest absolute Gasteiger partial charge is 0.383 e. The molecule has 0 amide bonds. The Labute approximate surface area is 149 Å². The molecule has 1 heterocycles. The molecule has 1 atom stereocenters. The second-order valence-corrected chi connectivity index (χ2v) is 6.26. The number of aromatic nitrogens is 1. The molecule has 1 unspecified atom stereocenters. The lowest BCUT2D eigenvalue weighted by Crippen LogP contribution is -2.41. The van der Waals surface area contributed by atoms with E-state index >= 15 is 0 Å². The molecule has 128 valence electrons. The van der Waals surface area contributed by atoms with Gasteiger partial charge in [0.2, 0.25) is 5.69 Å². The number of pyridine rings is 1. The average Bonchev–Trinajstić information content (AvgIpc) is 2.59. The highest BCUT2D eigenvalue weighted by Gasteiger charge is 2.23. The van der Waals surface area contributed by atoms with Crippen LogP contribution in [0.15, 0.2) is 42.6 Å². The van der Waals surface area contributed by atoms with Crippen molar-refractivity contribution < 1.29 is 9.72 Å². The maximum absolute atomic E-state index is 5.71. The molecule has 2 aromatic rings. The lowest BCUT2D eigenvalue weighted by Gasteiger charge is -2.30. The molecule has 0 saturated heterocycles. The van der Waals surface area contributed by atoms with E-state index in [4.69, 9.17) is 17.0 Å². The quantitative estimate of drug-likeness (QED) is 0.814. The number of methoxy groups -OCH3 is 1. The normalized spacial score (nSPS) is 11.8. The van der Waals surface area contributed by atoms with Gasteiger partial charge < -0.3 is 15.0 Å². The lowest BCUT2D eigenvalue weighted by molar-refractivity contribution is -0.395. The predicted octanol–water partition coefficient (Wildman–Crippen LogP) is 3.52. The van der Waals surface area contributed by atoms with E-state index in [1.54, 1.807) is 7.11 Å². The number of aromatic amines is 1. The van der Waals surface area contributed by atoms with Gasteiger partial charge in [-0.3, -0.25) is 0 Å². The molecular formula is C19H26N3OS+. The van der Waals surface area contributed by atoms with Crippen molar-refractivity contribution in [1.82, 2.24) is 4.90 Å². The molecule has 0 radical (unpaired) electrons. The van der Waals surface area contributed by atoms with Gasteiger partial charge in [-0.25, -0.2) is 4.98 Å². The Morgan fingerprint density at radius 1 is 1.21 bits per heavy atom. The Hall–Kier alpha value is -1.98. The molecule has 1 aromatic carbocycles. The fraction of sp³-hybridized carbons (Fsp3) is 0.368. The van der Waals surface area contributed by atoms with Crippen molar-refractivity contribution >= 4 is 23.0 Å². The molecule has 0 aliphatic carbocycles. The van der Waals surface area contributed by atoms with E-state index in [-0.39, 0.29) is 6.04 Å². The molecule has 2 N–H and O–H groups in total. The number of hydrogen-bond acceptors (Lipinski definition) is 2. The van der Waals surface area contributed by atoms with Gasteiger partial charge in [-0.05, 0) is 44.1 Å². The summed E-state index contributed by atoms with van der Waals surface area (Å²) in [6.45, 7) is 7.65. The fourth-order valence-corrected chi connectivity index (χ4v) is 3.04. The molecule has 4 nitrogen and oxygen atoms in total. The first kappa shape index (κ1) is 18.4. The number of nitrogens with one attached hydrogen (secondary N) is 2. The van der Waals surface area contributed by atoms with E-state index in [2.05, 4.69) is 60.2 Å². The zero-order valence-electron chi connectivity index (χ0n) is 14.8. The number of nitrogens with zero attached hydrogens (tertiary/aromatic N) is 1. The van der Waals surface area contributed by atoms with Gasteiger partial charge >= 0.3 is 0 Å². The minimum atomic E-state index is 0.116. The number of aryl methyl sites for hydroxylation is 2. The van der Waals surface area contributed by atoms with Crippen LogP contribution in [-0.2, 0) is 4.74 Å². The Bertz CT molecular complexity index is 655. The number of rotatable bonds is 6. The fourth-order valence-electron chi connectivity index (χ4n) is 2.69. The van der Waals surface area contributed by atoms with Crippen LogP contribution in [0.2, 0.25) is 0 Å². The Balaban J connectivity index is 2.22. The molecule has 0 bridgehead atoms. The lowest BCUT2D eigenvalue weighted by atomic mass is 10.1. The summed E-state index contributed by atoms with van der Waals surface area (Å²) in [4.78, 5) is 5.45. The van der Waals surface area contributed by atoms with Crippen LogP contribution < -0.4 is 10.3 Å². The first-order valence-corrected chi connectivity index (χ1v) is 8.54. The van der Waals surface area contributed by atoms with Gasteiger partial charge in [0.15, 0.2) is 11.3 Å². The number of thiocarbonyl (C=S) groups is 1. The third-order valence-corrected chi connectivity index (χ3v) is 4.50. The van der Waals surface area contributed by atoms with Gasteiger partial charge in [0.25, 0.3) is 0 Å². The van der Waals surface area contributed by atoms with Crippen molar-refractivity contribution in [3.63, 3.8) is 0 Å². The second-order valence-electron chi connectivity index (χ2n) is 5.88. The van der Waals surface area contributed by atoms with Crippen molar-refractivity contribution in [2.75, 3.05) is 25.6 Å². The molecule has 0 fully saturated rings. The molecule has 5 heteroatoms. The molecule has 1 aromatic heterocycles. The van der Waals surface area contributed by atoms with Crippen LogP contribution in [-0.4, -0.2) is 30.3 Å². The van der Waals surface area contributed by atoms with Crippen LogP contribution in [0.1, 0.15) is 29.8 Å². The predicted molar refractivity (Wildman–Crippen MR) is 102 cm³/mol. The van der Waals surface area contributed by atoms with Crippen molar-refractivity contribution in [3.05, 3.63) is 59.4 Å². The van der Waals surface area contributed by atoms with E-state index in [1.165, 1.54) is 11.1 Å². The SMILES string of the molecule is COCCN(C(=S)Nc1c(C)cccc1C)C(C)c1cccc[nH+]1. The molecule has 2 rings (SSSR count). The van der Waals surface area contributed by atoms with Gasteiger partial charge in [0.05, 0.1) is 6.61 Å². The monoisotopic (exact) mass is 344 g/mol. The van der Waals surface area contributed by atoms with Crippen LogP contribution in [0.3, 0.4) is 0 Å². The third kappa shape index (κ3) is 4.52. The maximum atomic E-state index is 5.71. The second kappa shape index (κ2) is 8.76. The highest BCUT2D eigenvalue weighted by atomic mass is 32.1. The average molecular weight is 345 g/mol. The van der Waals surface area contributed by atoms with E-state index in [0.717, 1.165) is 17.9 Å². The summed E-state index contributed by atoms with van der Waals surface area (Å²) in [7, 11) is 1.71. The smallest absolute Gasteiger partial charge is 0.202 e. The minimum Gasteiger partial charge on any atom is -0.383 e. The van der Waals surface area contributed by atoms with E-state index in [0.29, 0.717) is 11.7 Å². The molecule has 0 spiro atoms. The van der Waals surface area contributed by atoms with Gasteiger partial charge in [0, 0.05) is 31.5 Å². The Morgan fingerprint density at radius 2 is 1.92 bits per heavy atom. The summed E-state index contributed by atoms with van der Waals surface area (Å²) in [6, 6.07) is 12.4. The molecular weight excluding hydrogens is 318 g/mol. The first-order valence-electron chi connectivity index (χ1n) is 8.14. The Morgan fingerprint density at radius 3 is 2.50 bits per heavy atom. The van der Waals surface area contributed by atoms with Crippen LogP contribution in [0, 0.1) is 13.8 Å². The first-order chi connectivity index (χ1) is 11.5. The molecule has 0 saturated carbocycles. The number of benzene rings is 1. The zero-order chi connectivity index (χ0) is 17.5. The summed E-state index contributed by atoms with van der Waals surface area (Å²) >= 11 is 5.71.